The van der Waals surface area contributed by atoms with Gasteiger partial charge < -0.3 is 10.5 Å². The summed E-state index contributed by atoms with van der Waals surface area (Å²) in [6.07, 6.45) is 3.59. The first-order chi connectivity index (χ1) is 7.66. The van der Waals surface area contributed by atoms with Crippen molar-refractivity contribution in [3.05, 3.63) is 29.6 Å². The third-order valence-electron chi connectivity index (χ3n) is 2.71. The van der Waals surface area contributed by atoms with E-state index >= 15 is 0 Å². The second-order valence-corrected chi connectivity index (χ2v) is 4.13. The van der Waals surface area contributed by atoms with Crippen molar-refractivity contribution < 1.29 is 9.13 Å². The minimum atomic E-state index is -0.403. The number of nitrogen functional groups attached to an aromatic ring is 1. The fraction of sp³-hybridized carbons (Fsp3) is 0.417. The topological polar surface area (TPSA) is 59.1 Å². The molecule has 1 aromatic carbocycles. The van der Waals surface area contributed by atoms with Gasteiger partial charge in [-0.1, -0.05) is 12.8 Å². The van der Waals surface area contributed by atoms with E-state index in [0.717, 1.165) is 12.3 Å². The van der Waals surface area contributed by atoms with Crippen LogP contribution in [0.25, 0.3) is 0 Å². The van der Waals surface area contributed by atoms with Crippen molar-refractivity contribution in [2.24, 2.45) is 11.7 Å². The molecule has 0 bridgehead atoms. The Morgan fingerprint density at radius 3 is 2.88 bits per heavy atom. The van der Waals surface area contributed by atoms with E-state index in [9.17, 15) is 4.39 Å². The van der Waals surface area contributed by atoms with Crippen LogP contribution in [0.15, 0.2) is 18.2 Å². The summed E-state index contributed by atoms with van der Waals surface area (Å²) in [7, 11) is 0. The van der Waals surface area contributed by atoms with E-state index in [0.29, 0.717) is 17.9 Å². The Labute approximate surface area is 93.9 Å². The summed E-state index contributed by atoms with van der Waals surface area (Å²) in [5, 5.41) is 7.34. The normalized spacial score (nSPS) is 14.8. The highest BCUT2D eigenvalue weighted by atomic mass is 19.1. The standard InChI is InChI=1S/C12H15FN2O/c13-9-3-4-11(10(7-9)12(14)15)16-6-5-8-1-2-8/h3-4,7-8H,1-2,5-6H2,(H3,14,15). The van der Waals surface area contributed by atoms with Gasteiger partial charge in [-0.25, -0.2) is 4.39 Å². The molecule has 0 spiro atoms. The number of nitrogens with two attached hydrogens (primary N) is 1. The van der Waals surface area contributed by atoms with Crippen LogP contribution in [0.1, 0.15) is 24.8 Å². The molecule has 1 aliphatic carbocycles. The predicted molar refractivity (Wildman–Crippen MR) is 60.3 cm³/mol. The maximum Gasteiger partial charge on any atom is 0.130 e. The van der Waals surface area contributed by atoms with E-state index in [4.69, 9.17) is 15.9 Å². The van der Waals surface area contributed by atoms with Crippen LogP contribution in [-0.2, 0) is 0 Å². The van der Waals surface area contributed by atoms with Crippen LogP contribution in [0.4, 0.5) is 4.39 Å². The number of halogens is 1. The summed E-state index contributed by atoms with van der Waals surface area (Å²) in [5.74, 6) is 0.719. The monoisotopic (exact) mass is 222 g/mol. The number of rotatable bonds is 5. The fourth-order valence-electron chi connectivity index (χ4n) is 1.58. The molecule has 16 heavy (non-hydrogen) atoms. The second kappa shape index (κ2) is 4.51. The molecule has 0 unspecified atom stereocenters. The molecule has 0 amide bonds. The molecule has 1 fully saturated rings. The van der Waals surface area contributed by atoms with E-state index in [1.165, 1.54) is 31.0 Å². The highest BCUT2D eigenvalue weighted by Crippen LogP contribution is 2.32. The summed E-state index contributed by atoms with van der Waals surface area (Å²) in [6, 6.07) is 4.08. The second-order valence-electron chi connectivity index (χ2n) is 4.13. The Kier molecular flexibility index (Phi) is 3.08. The average Bonchev–Trinajstić information content (AvgIpc) is 3.04. The number of hydrogen-bond acceptors (Lipinski definition) is 2. The highest BCUT2D eigenvalue weighted by Gasteiger charge is 2.21. The van der Waals surface area contributed by atoms with Crippen molar-refractivity contribution in [1.29, 1.82) is 5.41 Å². The van der Waals surface area contributed by atoms with Gasteiger partial charge in [0.1, 0.15) is 17.4 Å². The van der Waals surface area contributed by atoms with Crippen molar-refractivity contribution in [1.82, 2.24) is 0 Å². The molecule has 3 nitrogen and oxygen atoms in total. The van der Waals surface area contributed by atoms with Crippen LogP contribution in [0.2, 0.25) is 0 Å². The largest absolute Gasteiger partial charge is 0.493 e. The Morgan fingerprint density at radius 1 is 1.50 bits per heavy atom. The molecular weight excluding hydrogens is 207 g/mol. The van der Waals surface area contributed by atoms with Gasteiger partial charge in [-0.3, -0.25) is 5.41 Å². The average molecular weight is 222 g/mol. The zero-order valence-electron chi connectivity index (χ0n) is 9.00. The molecule has 86 valence electrons. The molecule has 0 atom stereocenters. The lowest BCUT2D eigenvalue weighted by Crippen LogP contribution is -2.14. The Bertz CT molecular complexity index is 402. The van der Waals surface area contributed by atoms with Gasteiger partial charge in [-0.05, 0) is 30.5 Å². The van der Waals surface area contributed by atoms with Crippen LogP contribution in [0, 0.1) is 17.1 Å². The molecule has 0 heterocycles. The van der Waals surface area contributed by atoms with Crippen molar-refractivity contribution in [3.8, 4) is 5.75 Å². The molecule has 2 rings (SSSR count). The number of nitrogens with one attached hydrogen (secondary N) is 1. The van der Waals surface area contributed by atoms with E-state index in [2.05, 4.69) is 0 Å². The number of benzene rings is 1. The third-order valence-corrected chi connectivity index (χ3v) is 2.71. The van der Waals surface area contributed by atoms with Crippen molar-refractivity contribution >= 4 is 5.84 Å². The molecule has 0 radical (unpaired) electrons. The predicted octanol–water partition coefficient (Wildman–Crippen LogP) is 2.29. The molecule has 3 N–H and O–H groups in total. The molecule has 1 saturated carbocycles. The van der Waals surface area contributed by atoms with E-state index in [1.54, 1.807) is 0 Å². The SMILES string of the molecule is N=C(N)c1cc(F)ccc1OCCC1CC1. The maximum atomic E-state index is 13.0. The molecule has 1 aromatic rings. The van der Waals surface area contributed by atoms with Crippen LogP contribution in [-0.4, -0.2) is 12.4 Å². The summed E-state index contributed by atoms with van der Waals surface area (Å²) in [4.78, 5) is 0. The van der Waals surface area contributed by atoms with Gasteiger partial charge in [0, 0.05) is 0 Å². The van der Waals surface area contributed by atoms with Crippen molar-refractivity contribution in [3.63, 3.8) is 0 Å². The first-order valence-corrected chi connectivity index (χ1v) is 5.43. The van der Waals surface area contributed by atoms with Crippen LogP contribution >= 0.6 is 0 Å². The molecule has 1 aliphatic rings. The lowest BCUT2D eigenvalue weighted by molar-refractivity contribution is 0.301. The Hall–Kier alpha value is -1.58. The van der Waals surface area contributed by atoms with Gasteiger partial charge in [0.25, 0.3) is 0 Å². The molecule has 0 saturated heterocycles. The number of amidine groups is 1. The van der Waals surface area contributed by atoms with Crippen molar-refractivity contribution in [2.45, 2.75) is 19.3 Å². The molecule has 0 aromatic heterocycles. The van der Waals surface area contributed by atoms with Gasteiger partial charge in [0.2, 0.25) is 0 Å². The van der Waals surface area contributed by atoms with E-state index < -0.39 is 5.82 Å². The third kappa shape index (κ3) is 2.72. The summed E-state index contributed by atoms with van der Waals surface area (Å²) in [6.45, 7) is 0.608. The van der Waals surface area contributed by atoms with Gasteiger partial charge in [-0.15, -0.1) is 0 Å². The molecular formula is C12H15FN2O. The number of hydrogen-bond donors (Lipinski definition) is 2. The summed E-state index contributed by atoms with van der Waals surface area (Å²) >= 11 is 0. The summed E-state index contributed by atoms with van der Waals surface area (Å²) in [5.41, 5.74) is 5.69. The summed E-state index contributed by atoms with van der Waals surface area (Å²) < 4.78 is 18.5. The lowest BCUT2D eigenvalue weighted by atomic mass is 10.2. The zero-order chi connectivity index (χ0) is 11.5. The Morgan fingerprint density at radius 2 is 2.25 bits per heavy atom. The van der Waals surface area contributed by atoms with Crippen LogP contribution in [0.3, 0.4) is 0 Å². The van der Waals surface area contributed by atoms with Crippen LogP contribution in [0.5, 0.6) is 5.75 Å². The minimum absolute atomic E-state index is 0.166. The van der Waals surface area contributed by atoms with Gasteiger partial charge >= 0.3 is 0 Å². The first kappa shape index (κ1) is 10.9. The zero-order valence-corrected chi connectivity index (χ0v) is 9.00. The number of ether oxygens (including phenoxy) is 1. The van der Waals surface area contributed by atoms with Gasteiger partial charge in [0.05, 0.1) is 12.2 Å². The van der Waals surface area contributed by atoms with Crippen molar-refractivity contribution in [2.75, 3.05) is 6.61 Å². The Balaban J connectivity index is 2.02. The maximum absolute atomic E-state index is 13.0. The quantitative estimate of drug-likeness (QED) is 0.593. The van der Waals surface area contributed by atoms with Gasteiger partial charge in [-0.2, -0.15) is 0 Å². The smallest absolute Gasteiger partial charge is 0.130 e. The lowest BCUT2D eigenvalue weighted by Gasteiger charge is -2.10. The molecule has 4 heteroatoms. The fourth-order valence-corrected chi connectivity index (χ4v) is 1.58. The molecule has 0 aliphatic heterocycles. The van der Waals surface area contributed by atoms with E-state index in [1.807, 2.05) is 0 Å². The van der Waals surface area contributed by atoms with Gasteiger partial charge in [0.15, 0.2) is 0 Å². The highest BCUT2D eigenvalue weighted by molar-refractivity contribution is 5.97. The van der Waals surface area contributed by atoms with E-state index in [-0.39, 0.29) is 5.84 Å². The van der Waals surface area contributed by atoms with Crippen LogP contribution < -0.4 is 10.5 Å². The minimum Gasteiger partial charge on any atom is -0.493 e. The first-order valence-electron chi connectivity index (χ1n) is 5.43.